The lowest BCUT2D eigenvalue weighted by Gasteiger charge is -2.30. The van der Waals surface area contributed by atoms with Crippen LogP contribution in [0.15, 0.2) is 23.0 Å². The van der Waals surface area contributed by atoms with E-state index in [-0.39, 0.29) is 0 Å². The second-order valence-electron chi connectivity index (χ2n) is 5.64. The molecule has 1 heterocycles. The molecule has 3 nitrogen and oxygen atoms in total. The minimum absolute atomic E-state index is 0.299. The van der Waals surface area contributed by atoms with E-state index in [1.165, 1.54) is 12.0 Å². The lowest BCUT2D eigenvalue weighted by atomic mass is 9.92. The fourth-order valence-corrected chi connectivity index (χ4v) is 2.14. The second-order valence-corrected chi connectivity index (χ2v) is 5.64. The third kappa shape index (κ3) is 5.89. The van der Waals surface area contributed by atoms with Gasteiger partial charge in [-0.05, 0) is 31.5 Å². The third-order valence-corrected chi connectivity index (χ3v) is 2.76. The molecule has 0 aliphatic carbocycles. The number of rotatable bonds is 8. The van der Waals surface area contributed by atoms with Crippen LogP contribution in [0.3, 0.4) is 0 Å². The van der Waals surface area contributed by atoms with Crippen molar-refractivity contribution in [1.29, 1.82) is 0 Å². The van der Waals surface area contributed by atoms with Gasteiger partial charge in [0, 0.05) is 25.2 Å². The SMILES string of the molecule is CCCNCC(C)(C)CN(C)Cc1ccoc1. The van der Waals surface area contributed by atoms with Crippen molar-refractivity contribution in [3.8, 4) is 0 Å². The number of hydrogen-bond donors (Lipinski definition) is 1. The average molecular weight is 238 g/mol. The Labute approximate surface area is 105 Å². The second kappa shape index (κ2) is 6.82. The van der Waals surface area contributed by atoms with Crippen LogP contribution < -0.4 is 5.32 Å². The van der Waals surface area contributed by atoms with Gasteiger partial charge in [0.2, 0.25) is 0 Å². The predicted octanol–water partition coefficient (Wildman–Crippen LogP) is 2.74. The van der Waals surface area contributed by atoms with Gasteiger partial charge in [-0.3, -0.25) is 0 Å². The summed E-state index contributed by atoms with van der Waals surface area (Å²) < 4.78 is 5.09. The zero-order valence-corrected chi connectivity index (χ0v) is 11.6. The van der Waals surface area contributed by atoms with Crippen molar-refractivity contribution in [3.63, 3.8) is 0 Å². The molecular weight excluding hydrogens is 212 g/mol. The molecule has 0 spiro atoms. The number of furan rings is 1. The van der Waals surface area contributed by atoms with Gasteiger partial charge in [0.05, 0.1) is 12.5 Å². The summed E-state index contributed by atoms with van der Waals surface area (Å²) in [5, 5.41) is 3.49. The molecule has 3 heteroatoms. The maximum Gasteiger partial charge on any atom is 0.0947 e. The van der Waals surface area contributed by atoms with Crippen molar-refractivity contribution in [1.82, 2.24) is 10.2 Å². The molecule has 1 N–H and O–H groups in total. The van der Waals surface area contributed by atoms with Crippen LogP contribution in [0.4, 0.5) is 0 Å². The molecule has 17 heavy (non-hydrogen) atoms. The molecule has 0 amide bonds. The Kier molecular flexibility index (Phi) is 5.72. The van der Waals surface area contributed by atoms with E-state index in [0.717, 1.165) is 26.2 Å². The summed E-state index contributed by atoms with van der Waals surface area (Å²) in [4.78, 5) is 2.35. The first-order valence-electron chi connectivity index (χ1n) is 6.44. The van der Waals surface area contributed by atoms with E-state index in [1.807, 2.05) is 12.3 Å². The number of hydrogen-bond acceptors (Lipinski definition) is 3. The maximum absolute atomic E-state index is 5.09. The maximum atomic E-state index is 5.09. The summed E-state index contributed by atoms with van der Waals surface area (Å²) in [6.45, 7) is 11.0. The van der Waals surface area contributed by atoms with E-state index in [9.17, 15) is 0 Å². The number of nitrogens with zero attached hydrogens (tertiary/aromatic N) is 1. The smallest absolute Gasteiger partial charge is 0.0947 e. The zero-order valence-electron chi connectivity index (χ0n) is 11.6. The molecule has 98 valence electrons. The third-order valence-electron chi connectivity index (χ3n) is 2.76. The van der Waals surface area contributed by atoms with E-state index in [2.05, 4.69) is 38.0 Å². The topological polar surface area (TPSA) is 28.4 Å². The van der Waals surface area contributed by atoms with Crippen molar-refractivity contribution in [3.05, 3.63) is 24.2 Å². The molecule has 1 rings (SSSR count). The van der Waals surface area contributed by atoms with Gasteiger partial charge in [-0.1, -0.05) is 20.8 Å². The Bertz CT molecular complexity index is 293. The normalized spacial score (nSPS) is 12.3. The molecule has 0 aromatic carbocycles. The van der Waals surface area contributed by atoms with Crippen LogP contribution in [0.5, 0.6) is 0 Å². The highest BCUT2D eigenvalue weighted by Crippen LogP contribution is 2.16. The summed E-state index contributed by atoms with van der Waals surface area (Å²) in [6.07, 6.45) is 4.75. The van der Waals surface area contributed by atoms with Crippen LogP contribution in [-0.2, 0) is 6.54 Å². The van der Waals surface area contributed by atoms with Crippen LogP contribution in [0, 0.1) is 5.41 Å². The summed E-state index contributed by atoms with van der Waals surface area (Å²) >= 11 is 0. The Morgan fingerprint density at radius 2 is 2.18 bits per heavy atom. The molecule has 0 radical (unpaired) electrons. The van der Waals surface area contributed by atoms with Crippen LogP contribution in [0.25, 0.3) is 0 Å². The molecular formula is C14H26N2O. The number of nitrogens with one attached hydrogen (secondary N) is 1. The minimum atomic E-state index is 0.299. The molecule has 0 bridgehead atoms. The van der Waals surface area contributed by atoms with Gasteiger partial charge in [0.25, 0.3) is 0 Å². The predicted molar refractivity (Wildman–Crippen MR) is 72.0 cm³/mol. The molecule has 0 aliphatic heterocycles. The molecule has 0 saturated heterocycles. The largest absolute Gasteiger partial charge is 0.472 e. The van der Waals surface area contributed by atoms with Gasteiger partial charge in [-0.25, -0.2) is 0 Å². The van der Waals surface area contributed by atoms with Crippen LogP contribution in [-0.4, -0.2) is 31.6 Å². The van der Waals surface area contributed by atoms with Crippen molar-refractivity contribution < 1.29 is 4.42 Å². The van der Waals surface area contributed by atoms with Gasteiger partial charge in [-0.2, -0.15) is 0 Å². The van der Waals surface area contributed by atoms with Crippen LogP contribution >= 0.6 is 0 Å². The van der Waals surface area contributed by atoms with E-state index in [1.54, 1.807) is 6.26 Å². The van der Waals surface area contributed by atoms with Crippen LogP contribution in [0.1, 0.15) is 32.8 Å². The lowest BCUT2D eigenvalue weighted by Crippen LogP contribution is -2.38. The summed E-state index contributed by atoms with van der Waals surface area (Å²) in [5.74, 6) is 0. The fourth-order valence-electron chi connectivity index (χ4n) is 2.14. The molecule has 0 saturated carbocycles. The Balaban J connectivity index is 2.30. The monoisotopic (exact) mass is 238 g/mol. The molecule has 1 aromatic heterocycles. The van der Waals surface area contributed by atoms with Gasteiger partial charge < -0.3 is 14.6 Å². The average Bonchev–Trinajstić information content (AvgIpc) is 2.69. The highest BCUT2D eigenvalue weighted by molar-refractivity contribution is 5.04. The summed E-state index contributed by atoms with van der Waals surface area (Å²) in [6, 6.07) is 2.03. The molecule has 1 aromatic rings. The van der Waals surface area contributed by atoms with Gasteiger partial charge in [0.1, 0.15) is 0 Å². The minimum Gasteiger partial charge on any atom is -0.472 e. The summed E-state index contributed by atoms with van der Waals surface area (Å²) in [5.41, 5.74) is 1.54. The van der Waals surface area contributed by atoms with Crippen molar-refractivity contribution in [2.45, 2.75) is 33.7 Å². The lowest BCUT2D eigenvalue weighted by molar-refractivity contribution is 0.198. The fraction of sp³-hybridized carbons (Fsp3) is 0.714. The van der Waals surface area contributed by atoms with Crippen molar-refractivity contribution in [2.75, 3.05) is 26.7 Å². The van der Waals surface area contributed by atoms with Crippen molar-refractivity contribution in [2.24, 2.45) is 5.41 Å². The highest BCUT2D eigenvalue weighted by Gasteiger charge is 2.19. The van der Waals surface area contributed by atoms with E-state index in [4.69, 9.17) is 4.42 Å². The van der Waals surface area contributed by atoms with Gasteiger partial charge in [0.15, 0.2) is 0 Å². The quantitative estimate of drug-likeness (QED) is 0.706. The van der Waals surface area contributed by atoms with Crippen molar-refractivity contribution >= 4 is 0 Å². The first kappa shape index (κ1) is 14.3. The summed E-state index contributed by atoms with van der Waals surface area (Å²) in [7, 11) is 2.16. The Morgan fingerprint density at radius 3 is 2.76 bits per heavy atom. The first-order valence-corrected chi connectivity index (χ1v) is 6.44. The van der Waals surface area contributed by atoms with E-state index >= 15 is 0 Å². The molecule has 0 atom stereocenters. The Hall–Kier alpha value is -0.800. The molecule has 0 fully saturated rings. The van der Waals surface area contributed by atoms with E-state index < -0.39 is 0 Å². The molecule has 0 aliphatic rings. The molecule has 0 unspecified atom stereocenters. The highest BCUT2D eigenvalue weighted by atomic mass is 16.3. The van der Waals surface area contributed by atoms with Crippen LogP contribution in [0.2, 0.25) is 0 Å². The van der Waals surface area contributed by atoms with E-state index in [0.29, 0.717) is 5.41 Å². The first-order chi connectivity index (χ1) is 8.03. The van der Waals surface area contributed by atoms with Gasteiger partial charge in [-0.15, -0.1) is 0 Å². The zero-order chi connectivity index (χ0) is 12.7. The standard InChI is InChI=1S/C14H26N2O/c1-5-7-15-11-14(2,3)12-16(4)9-13-6-8-17-10-13/h6,8,10,15H,5,7,9,11-12H2,1-4H3. The Morgan fingerprint density at radius 1 is 1.41 bits per heavy atom. The van der Waals surface area contributed by atoms with Gasteiger partial charge >= 0.3 is 0 Å².